The minimum atomic E-state index is -1.41. The van der Waals surface area contributed by atoms with Crippen LogP contribution in [0.3, 0.4) is 0 Å². The second-order valence-electron chi connectivity index (χ2n) is 9.32. The van der Waals surface area contributed by atoms with E-state index in [-0.39, 0.29) is 6.10 Å². The predicted octanol–water partition coefficient (Wildman–Crippen LogP) is 2.40. The Hall–Kier alpha value is 0.127. The summed E-state index contributed by atoms with van der Waals surface area (Å²) >= 11 is -1.41. The molecule has 0 N–H and O–H groups in total. The lowest BCUT2D eigenvalue weighted by atomic mass is 10.1. The summed E-state index contributed by atoms with van der Waals surface area (Å²) in [7, 11) is -1.29. The molecule has 3 saturated heterocycles. The molecule has 0 spiro atoms. The molecule has 7 nitrogen and oxygen atoms in total. The van der Waals surface area contributed by atoms with Gasteiger partial charge in [-0.3, -0.25) is 4.18 Å². The van der Waals surface area contributed by atoms with Gasteiger partial charge in [-0.1, -0.05) is 19.6 Å². The molecule has 3 aliphatic heterocycles. The first-order valence-corrected chi connectivity index (χ1v) is 14.2. The Balaban J connectivity index is 1.70. The Bertz CT molecular complexity index is 548. The summed E-state index contributed by atoms with van der Waals surface area (Å²) in [5.41, 5.74) is 0. The van der Waals surface area contributed by atoms with Gasteiger partial charge in [-0.15, -0.1) is 0 Å². The Morgan fingerprint density at radius 2 is 1.73 bits per heavy atom. The van der Waals surface area contributed by atoms with Crippen LogP contribution < -0.4 is 0 Å². The summed E-state index contributed by atoms with van der Waals surface area (Å²) in [6, 6.07) is 0.935. The Labute approximate surface area is 159 Å². The fourth-order valence-corrected chi connectivity index (χ4v) is 7.03. The minimum absolute atomic E-state index is 0.315. The van der Waals surface area contributed by atoms with Crippen molar-refractivity contribution in [3.63, 3.8) is 0 Å². The molecule has 6 atom stereocenters. The number of hydrogen-bond donors (Lipinski definition) is 0. The van der Waals surface area contributed by atoms with Crippen LogP contribution >= 0.6 is 0 Å². The molecule has 0 radical (unpaired) electrons. The quantitative estimate of drug-likeness (QED) is 0.625. The van der Waals surface area contributed by atoms with Gasteiger partial charge in [-0.2, -0.15) is 0 Å². The van der Waals surface area contributed by atoms with Gasteiger partial charge >= 0.3 is 0 Å². The lowest BCUT2D eigenvalue weighted by Gasteiger charge is -2.28. The van der Waals surface area contributed by atoms with Crippen molar-refractivity contribution in [1.82, 2.24) is 0 Å². The Kier molecular flexibility index (Phi) is 5.76. The summed E-state index contributed by atoms with van der Waals surface area (Å²) in [5.74, 6) is -0.906. The van der Waals surface area contributed by atoms with Gasteiger partial charge in [0.1, 0.15) is 24.4 Å². The van der Waals surface area contributed by atoms with Crippen LogP contribution in [0.1, 0.15) is 27.7 Å². The highest BCUT2D eigenvalue weighted by atomic mass is 32.2. The van der Waals surface area contributed by atoms with Gasteiger partial charge in [-0.25, -0.2) is 4.21 Å². The molecule has 0 aromatic heterocycles. The van der Waals surface area contributed by atoms with Crippen molar-refractivity contribution in [1.29, 1.82) is 0 Å². The zero-order chi connectivity index (χ0) is 19.3. The maximum absolute atomic E-state index is 12.6. The van der Waals surface area contributed by atoms with Crippen LogP contribution in [0.5, 0.6) is 0 Å². The van der Waals surface area contributed by atoms with Gasteiger partial charge < -0.3 is 23.7 Å². The van der Waals surface area contributed by atoms with Crippen molar-refractivity contribution in [2.75, 3.05) is 12.4 Å². The lowest BCUT2D eigenvalue weighted by molar-refractivity contribution is -0.230. The third kappa shape index (κ3) is 4.94. The second kappa shape index (κ2) is 7.18. The van der Waals surface area contributed by atoms with E-state index in [2.05, 4.69) is 19.6 Å². The van der Waals surface area contributed by atoms with Crippen LogP contribution in [-0.2, 0) is 38.9 Å². The molecular weight excluding hydrogens is 376 g/mol. The molecule has 0 saturated carbocycles. The Morgan fingerprint density at radius 3 is 2.31 bits per heavy atom. The zero-order valence-corrected chi connectivity index (χ0v) is 18.6. The van der Waals surface area contributed by atoms with Crippen molar-refractivity contribution in [2.24, 2.45) is 0 Å². The average Bonchev–Trinajstić information content (AvgIpc) is 3.07. The van der Waals surface area contributed by atoms with Gasteiger partial charge in [0.05, 0.1) is 6.61 Å². The van der Waals surface area contributed by atoms with Crippen molar-refractivity contribution in [3.8, 4) is 0 Å². The third-order valence-corrected chi connectivity index (χ3v) is 7.75. The largest absolute Gasteiger partial charge is 0.348 e. The summed E-state index contributed by atoms with van der Waals surface area (Å²) in [4.78, 5) is 0. The van der Waals surface area contributed by atoms with Crippen LogP contribution in [0.25, 0.3) is 0 Å². The van der Waals surface area contributed by atoms with Crippen LogP contribution in [0.2, 0.25) is 25.7 Å². The van der Waals surface area contributed by atoms with Gasteiger partial charge in [0.2, 0.25) is 0 Å². The standard InChI is InChI=1S/C17H32O7SSi/c1-16(2)19-10-11(21-16)12-13(24-25(18)8-9-26(5,6)7)14-15(20-12)23-17(3,4)22-14/h11-15H,8-10H2,1-7H3/t11-,12-,13?,14+,15-,25+/m1/s1. The monoisotopic (exact) mass is 408 g/mol. The third-order valence-electron chi connectivity index (χ3n) is 4.66. The van der Waals surface area contributed by atoms with E-state index in [1.165, 1.54) is 0 Å². The molecule has 0 bridgehead atoms. The van der Waals surface area contributed by atoms with Crippen molar-refractivity contribution in [2.45, 2.75) is 95.7 Å². The first-order chi connectivity index (χ1) is 11.9. The van der Waals surface area contributed by atoms with Crippen molar-refractivity contribution in [3.05, 3.63) is 0 Å². The molecule has 3 fully saturated rings. The van der Waals surface area contributed by atoms with Crippen molar-refractivity contribution >= 4 is 19.2 Å². The van der Waals surface area contributed by atoms with Crippen LogP contribution in [0, 0.1) is 0 Å². The smallest absolute Gasteiger partial charge is 0.190 e. The van der Waals surface area contributed by atoms with E-state index in [1.54, 1.807) is 0 Å². The van der Waals surface area contributed by atoms with Gasteiger partial charge in [0.15, 0.2) is 28.9 Å². The van der Waals surface area contributed by atoms with E-state index in [4.69, 9.17) is 27.9 Å². The average molecular weight is 409 g/mol. The van der Waals surface area contributed by atoms with Gasteiger partial charge in [0, 0.05) is 13.8 Å². The van der Waals surface area contributed by atoms with Gasteiger partial charge in [0.25, 0.3) is 0 Å². The second-order valence-corrected chi connectivity index (χ2v) is 16.1. The Morgan fingerprint density at radius 1 is 1.04 bits per heavy atom. The first-order valence-electron chi connectivity index (χ1n) is 9.24. The van der Waals surface area contributed by atoms with E-state index in [0.29, 0.717) is 12.4 Å². The topological polar surface area (TPSA) is 72.5 Å². The minimum Gasteiger partial charge on any atom is -0.348 e. The van der Waals surface area contributed by atoms with E-state index < -0.39 is 55.3 Å². The molecule has 3 rings (SSSR count). The molecule has 26 heavy (non-hydrogen) atoms. The number of fused-ring (bicyclic) bond motifs is 1. The fraction of sp³-hybridized carbons (Fsp3) is 1.00. The van der Waals surface area contributed by atoms with Crippen LogP contribution in [0.15, 0.2) is 0 Å². The van der Waals surface area contributed by atoms with Crippen LogP contribution in [0.4, 0.5) is 0 Å². The molecular formula is C17H32O7SSi. The van der Waals surface area contributed by atoms with E-state index in [1.807, 2.05) is 27.7 Å². The summed E-state index contributed by atoms with van der Waals surface area (Å²) < 4.78 is 48.0. The van der Waals surface area contributed by atoms with Crippen LogP contribution in [-0.4, -0.2) is 66.9 Å². The van der Waals surface area contributed by atoms with Gasteiger partial charge in [-0.05, 0) is 33.7 Å². The highest BCUT2D eigenvalue weighted by molar-refractivity contribution is 7.80. The normalized spacial score (nSPS) is 39.9. The molecule has 3 aliphatic rings. The summed E-state index contributed by atoms with van der Waals surface area (Å²) in [6.07, 6.45) is -2.27. The van der Waals surface area contributed by atoms with E-state index >= 15 is 0 Å². The molecule has 0 aromatic rings. The highest BCUT2D eigenvalue weighted by Crippen LogP contribution is 2.42. The maximum Gasteiger partial charge on any atom is 0.190 e. The number of hydrogen-bond acceptors (Lipinski definition) is 7. The maximum atomic E-state index is 12.6. The molecule has 0 aromatic carbocycles. The zero-order valence-electron chi connectivity index (χ0n) is 16.8. The van der Waals surface area contributed by atoms with Crippen molar-refractivity contribution < 1.29 is 32.1 Å². The van der Waals surface area contributed by atoms with E-state index in [0.717, 1.165) is 6.04 Å². The molecule has 3 heterocycles. The highest BCUT2D eigenvalue weighted by Gasteiger charge is 2.59. The molecule has 152 valence electrons. The number of ether oxygens (including phenoxy) is 5. The molecule has 9 heteroatoms. The number of rotatable bonds is 6. The SMILES string of the molecule is CC1(C)OC[C@H]([C@H]2O[C@@H]3OC(C)(C)O[C@H]3C2O[S@](=O)CC[Si](C)(C)C)O1. The first kappa shape index (κ1) is 20.9. The lowest BCUT2D eigenvalue weighted by Crippen LogP contribution is -2.44. The fourth-order valence-electron chi connectivity index (χ4n) is 3.35. The molecule has 1 unspecified atom stereocenters. The summed E-state index contributed by atoms with van der Waals surface area (Å²) in [5, 5.41) is 0. The molecule has 0 aliphatic carbocycles. The predicted molar refractivity (Wildman–Crippen MR) is 99.6 cm³/mol. The molecule has 0 amide bonds. The van der Waals surface area contributed by atoms with E-state index in [9.17, 15) is 4.21 Å². The summed E-state index contributed by atoms with van der Waals surface area (Å²) in [6.45, 7) is 14.5.